The Morgan fingerprint density at radius 1 is 1.64 bits per heavy atom. The van der Waals surface area contributed by atoms with E-state index in [1.807, 2.05) is 0 Å². The zero-order chi connectivity index (χ0) is 8.27. The molecule has 0 aromatic carbocycles. The summed E-state index contributed by atoms with van der Waals surface area (Å²) in [5.74, 6) is 0. The van der Waals surface area contributed by atoms with Crippen LogP contribution in [-0.2, 0) is 9.54 Å². The zero-order valence-corrected chi connectivity index (χ0v) is 6.01. The first-order chi connectivity index (χ1) is 5.27. The summed E-state index contributed by atoms with van der Waals surface area (Å²) in [4.78, 5) is 3.85. The molecule has 5 nitrogen and oxygen atoms in total. The second kappa shape index (κ2) is 4.03. The molecule has 0 aromatic rings. The van der Waals surface area contributed by atoms with Crippen LogP contribution in [0.5, 0.6) is 0 Å². The summed E-state index contributed by atoms with van der Waals surface area (Å²) in [5.41, 5.74) is 0. The van der Waals surface area contributed by atoms with Gasteiger partial charge in [-0.15, -0.1) is 0 Å². The molecule has 1 heterocycles. The van der Waals surface area contributed by atoms with E-state index in [1.54, 1.807) is 0 Å². The Bertz CT molecular complexity index is 121. The molecule has 0 saturated carbocycles. The third kappa shape index (κ3) is 2.15. The molecule has 0 spiro atoms. The van der Waals surface area contributed by atoms with Gasteiger partial charge in [0.2, 0.25) is 0 Å². The fourth-order valence-electron chi connectivity index (χ4n) is 1.17. The van der Waals surface area contributed by atoms with Gasteiger partial charge in [0.05, 0.1) is 18.7 Å². The molecule has 1 aliphatic rings. The van der Waals surface area contributed by atoms with Gasteiger partial charge >= 0.3 is 7.48 Å². The van der Waals surface area contributed by atoms with E-state index in [-0.39, 0.29) is 20.1 Å². The predicted octanol–water partition coefficient (Wildman–Crippen LogP) is -1.70. The average molecular weight is 162 g/mol. The third-order valence-corrected chi connectivity index (χ3v) is 1.74. The van der Waals surface area contributed by atoms with Crippen LogP contribution in [-0.4, -0.2) is 47.8 Å². The Morgan fingerprint density at radius 3 is 2.82 bits per heavy atom. The van der Waals surface area contributed by atoms with E-state index in [0.29, 0.717) is 6.42 Å². The molecule has 64 valence electrons. The summed E-state index contributed by atoms with van der Waals surface area (Å²) in [6.45, 7) is -0.205. The highest BCUT2D eigenvalue weighted by molar-refractivity contribution is 6.28. The van der Waals surface area contributed by atoms with Gasteiger partial charge in [-0.1, -0.05) is 0 Å². The molecule has 0 bridgehead atoms. The summed E-state index contributed by atoms with van der Waals surface area (Å²) in [7, 11) is 0.0353. The Hall–Kier alpha value is -0.135. The van der Waals surface area contributed by atoms with E-state index in [1.165, 1.54) is 0 Å². The maximum atomic E-state index is 9.16. The zero-order valence-electron chi connectivity index (χ0n) is 6.01. The van der Waals surface area contributed by atoms with Gasteiger partial charge in [0.1, 0.15) is 6.10 Å². The van der Waals surface area contributed by atoms with Crippen molar-refractivity contribution in [1.29, 1.82) is 0 Å². The standard InChI is InChI=1S/C5H11BO5/c7-2-4-3(8)1-5(10-4)6-11-9/h3-9H,1-2H2. The van der Waals surface area contributed by atoms with Crippen LogP contribution in [0, 0.1) is 0 Å². The molecule has 0 amide bonds. The lowest BCUT2D eigenvalue weighted by atomic mass is 9.88. The van der Waals surface area contributed by atoms with Crippen LogP contribution in [0.25, 0.3) is 0 Å². The summed E-state index contributed by atoms with van der Waals surface area (Å²) >= 11 is 0. The van der Waals surface area contributed by atoms with Crippen LogP contribution in [0.2, 0.25) is 0 Å². The topological polar surface area (TPSA) is 79.2 Å². The van der Waals surface area contributed by atoms with Crippen LogP contribution in [0.15, 0.2) is 0 Å². The SMILES string of the molecule is OCC1OC(BOO)CC1O. The molecular formula is C5H11BO5. The summed E-state index contributed by atoms with van der Waals surface area (Å²) in [6.07, 6.45) is -0.790. The lowest BCUT2D eigenvalue weighted by Crippen LogP contribution is -2.25. The van der Waals surface area contributed by atoms with Gasteiger partial charge in [0, 0.05) is 0 Å². The molecule has 1 fully saturated rings. The van der Waals surface area contributed by atoms with Gasteiger partial charge < -0.3 is 19.8 Å². The van der Waals surface area contributed by atoms with Crippen molar-refractivity contribution < 1.29 is 25.0 Å². The largest absolute Gasteiger partial charge is 0.394 e. The van der Waals surface area contributed by atoms with Crippen LogP contribution < -0.4 is 0 Å². The van der Waals surface area contributed by atoms with Crippen LogP contribution >= 0.6 is 0 Å². The van der Waals surface area contributed by atoms with Gasteiger partial charge in [-0.3, -0.25) is 5.26 Å². The molecule has 3 N–H and O–H groups in total. The monoisotopic (exact) mass is 162 g/mol. The van der Waals surface area contributed by atoms with Crippen molar-refractivity contribution in [3.63, 3.8) is 0 Å². The number of ether oxygens (including phenoxy) is 1. The Balaban J connectivity index is 2.30. The molecule has 6 heteroatoms. The summed E-state index contributed by atoms with van der Waals surface area (Å²) in [5, 5.41) is 25.8. The van der Waals surface area contributed by atoms with E-state index in [9.17, 15) is 0 Å². The van der Waals surface area contributed by atoms with Crippen molar-refractivity contribution >= 4 is 7.48 Å². The molecular weight excluding hydrogens is 151 g/mol. The molecule has 3 unspecified atom stereocenters. The van der Waals surface area contributed by atoms with Gasteiger partial charge in [-0.25, -0.2) is 0 Å². The Kier molecular flexibility index (Phi) is 3.28. The van der Waals surface area contributed by atoms with E-state index in [2.05, 4.69) is 4.81 Å². The molecule has 0 radical (unpaired) electrons. The first kappa shape index (κ1) is 8.96. The van der Waals surface area contributed by atoms with Crippen molar-refractivity contribution in [3.8, 4) is 0 Å². The number of rotatable bonds is 3. The quantitative estimate of drug-likeness (QED) is 0.261. The second-order valence-corrected chi connectivity index (χ2v) is 2.58. The molecule has 1 rings (SSSR count). The highest BCUT2D eigenvalue weighted by Crippen LogP contribution is 2.18. The average Bonchev–Trinajstić information content (AvgIpc) is 2.32. The molecule has 0 aliphatic carbocycles. The summed E-state index contributed by atoms with van der Waals surface area (Å²) < 4.78 is 5.08. The van der Waals surface area contributed by atoms with E-state index < -0.39 is 12.2 Å². The first-order valence-electron chi connectivity index (χ1n) is 3.48. The fourth-order valence-corrected chi connectivity index (χ4v) is 1.17. The highest BCUT2D eigenvalue weighted by atomic mass is 17.1. The van der Waals surface area contributed by atoms with E-state index in [4.69, 9.17) is 20.2 Å². The predicted molar refractivity (Wildman–Crippen MR) is 37.2 cm³/mol. The maximum Gasteiger partial charge on any atom is 0.352 e. The lowest BCUT2D eigenvalue weighted by molar-refractivity contribution is -0.144. The smallest absolute Gasteiger partial charge is 0.352 e. The lowest BCUT2D eigenvalue weighted by Gasteiger charge is -2.09. The van der Waals surface area contributed by atoms with Crippen molar-refractivity contribution in [1.82, 2.24) is 0 Å². The van der Waals surface area contributed by atoms with Crippen molar-refractivity contribution in [2.75, 3.05) is 6.61 Å². The second-order valence-electron chi connectivity index (χ2n) is 2.58. The van der Waals surface area contributed by atoms with E-state index in [0.717, 1.165) is 0 Å². The van der Waals surface area contributed by atoms with Gasteiger partial charge in [0.15, 0.2) is 0 Å². The minimum atomic E-state index is -0.653. The molecule has 3 atom stereocenters. The van der Waals surface area contributed by atoms with Gasteiger partial charge in [-0.2, -0.15) is 0 Å². The molecule has 0 aromatic heterocycles. The molecule has 1 aliphatic heterocycles. The van der Waals surface area contributed by atoms with Crippen LogP contribution in [0.4, 0.5) is 0 Å². The number of aliphatic hydroxyl groups is 2. The maximum absolute atomic E-state index is 9.16. The molecule has 11 heavy (non-hydrogen) atoms. The highest BCUT2D eigenvalue weighted by Gasteiger charge is 2.34. The van der Waals surface area contributed by atoms with Crippen LogP contribution in [0.1, 0.15) is 6.42 Å². The fraction of sp³-hybridized carbons (Fsp3) is 1.00. The first-order valence-corrected chi connectivity index (χ1v) is 3.48. The minimum Gasteiger partial charge on any atom is -0.394 e. The number of hydrogen-bond donors (Lipinski definition) is 3. The normalized spacial score (nSPS) is 37.5. The summed E-state index contributed by atoms with van der Waals surface area (Å²) in [6, 6.07) is -0.313. The molecule has 1 saturated heterocycles. The van der Waals surface area contributed by atoms with Gasteiger partial charge in [-0.05, 0) is 6.42 Å². The van der Waals surface area contributed by atoms with Crippen LogP contribution in [0.3, 0.4) is 0 Å². The van der Waals surface area contributed by atoms with Crippen molar-refractivity contribution in [3.05, 3.63) is 0 Å². The van der Waals surface area contributed by atoms with E-state index >= 15 is 0 Å². The number of hydrogen-bond acceptors (Lipinski definition) is 5. The Morgan fingerprint density at radius 2 is 2.36 bits per heavy atom. The van der Waals surface area contributed by atoms with Crippen molar-refractivity contribution in [2.24, 2.45) is 0 Å². The Labute approximate surface area is 64.8 Å². The third-order valence-electron chi connectivity index (χ3n) is 1.74. The number of aliphatic hydroxyl groups excluding tert-OH is 2. The minimum absolute atomic E-state index is 0.0353. The van der Waals surface area contributed by atoms with Crippen molar-refractivity contribution in [2.45, 2.75) is 24.6 Å². The van der Waals surface area contributed by atoms with Gasteiger partial charge in [0.25, 0.3) is 0 Å².